The molecular formula is C15H12FNO3S. The van der Waals surface area contributed by atoms with Gasteiger partial charge in [0.05, 0.1) is 16.9 Å². The third-order valence-electron chi connectivity index (χ3n) is 3.19. The third kappa shape index (κ3) is 2.48. The van der Waals surface area contributed by atoms with E-state index in [4.69, 9.17) is 4.74 Å². The molecule has 4 nitrogen and oxygen atoms in total. The highest BCUT2D eigenvalue weighted by molar-refractivity contribution is 7.99. The molecule has 0 spiro atoms. The summed E-state index contributed by atoms with van der Waals surface area (Å²) in [5, 5.41) is 12.2. The van der Waals surface area contributed by atoms with Crippen LogP contribution in [0.25, 0.3) is 0 Å². The number of para-hydroxylation sites is 1. The number of aliphatic hydroxyl groups is 1. The second kappa shape index (κ2) is 5.38. The highest BCUT2D eigenvalue weighted by Gasteiger charge is 2.30. The third-order valence-corrected chi connectivity index (χ3v) is 4.28. The molecule has 2 N–H and O–H groups in total. The number of benzene rings is 2. The molecule has 3 rings (SSSR count). The Morgan fingerprint density at radius 1 is 1.29 bits per heavy atom. The van der Waals surface area contributed by atoms with Gasteiger partial charge >= 0.3 is 0 Å². The molecule has 1 aliphatic rings. The minimum Gasteiger partial charge on any atom is -0.496 e. The quantitative estimate of drug-likeness (QED) is 0.915. The number of carbonyl (C=O) groups excluding carboxylic acids is 1. The molecule has 1 amide bonds. The van der Waals surface area contributed by atoms with E-state index in [1.54, 1.807) is 13.2 Å². The van der Waals surface area contributed by atoms with Gasteiger partial charge in [-0.3, -0.25) is 4.79 Å². The van der Waals surface area contributed by atoms with E-state index < -0.39 is 17.8 Å². The Morgan fingerprint density at radius 2 is 2.05 bits per heavy atom. The van der Waals surface area contributed by atoms with Crippen LogP contribution in [-0.4, -0.2) is 18.1 Å². The second-order valence-corrected chi connectivity index (χ2v) is 5.60. The van der Waals surface area contributed by atoms with Crippen molar-refractivity contribution in [2.75, 3.05) is 12.4 Å². The van der Waals surface area contributed by atoms with Crippen LogP contribution in [-0.2, 0) is 4.79 Å². The van der Waals surface area contributed by atoms with Crippen molar-refractivity contribution in [1.29, 1.82) is 0 Å². The van der Waals surface area contributed by atoms with Gasteiger partial charge in [0.15, 0.2) is 6.10 Å². The van der Waals surface area contributed by atoms with Crippen molar-refractivity contribution in [2.45, 2.75) is 15.9 Å². The summed E-state index contributed by atoms with van der Waals surface area (Å²) in [4.78, 5) is 12.5. The Bertz CT molecular complexity index is 720. The van der Waals surface area contributed by atoms with E-state index in [1.165, 1.54) is 23.9 Å². The van der Waals surface area contributed by atoms with Gasteiger partial charge in [-0.1, -0.05) is 23.9 Å². The first-order valence-electron chi connectivity index (χ1n) is 6.23. The highest BCUT2D eigenvalue weighted by atomic mass is 32.2. The van der Waals surface area contributed by atoms with Gasteiger partial charge in [-0.25, -0.2) is 4.39 Å². The number of halogens is 1. The number of hydrogen-bond donors (Lipinski definition) is 2. The lowest BCUT2D eigenvalue weighted by atomic mass is 10.1. The second-order valence-electron chi connectivity index (χ2n) is 4.51. The first kappa shape index (κ1) is 13.9. The van der Waals surface area contributed by atoms with E-state index in [-0.39, 0.29) is 5.56 Å². The predicted molar refractivity (Wildman–Crippen MR) is 77.1 cm³/mol. The largest absolute Gasteiger partial charge is 0.496 e. The summed E-state index contributed by atoms with van der Waals surface area (Å²) in [7, 11) is 1.55. The molecule has 2 aromatic carbocycles. The average molecular weight is 305 g/mol. The van der Waals surface area contributed by atoms with E-state index in [9.17, 15) is 14.3 Å². The van der Waals surface area contributed by atoms with Gasteiger partial charge in [-0.2, -0.15) is 0 Å². The number of carbonyl (C=O) groups is 1. The monoisotopic (exact) mass is 305 g/mol. The molecular weight excluding hydrogens is 293 g/mol. The molecule has 1 heterocycles. The number of rotatable bonds is 3. The van der Waals surface area contributed by atoms with E-state index in [0.717, 1.165) is 4.90 Å². The lowest BCUT2D eigenvalue weighted by Crippen LogP contribution is -2.10. The summed E-state index contributed by atoms with van der Waals surface area (Å²) in [5.74, 6) is -0.379. The molecule has 1 aliphatic heterocycles. The van der Waals surface area contributed by atoms with Crippen LogP contribution in [0.5, 0.6) is 5.75 Å². The molecule has 21 heavy (non-hydrogen) atoms. The zero-order chi connectivity index (χ0) is 15.0. The molecule has 108 valence electrons. The molecule has 0 saturated carbocycles. The summed E-state index contributed by atoms with van der Waals surface area (Å²) in [5.41, 5.74) is 0.702. The van der Waals surface area contributed by atoms with Crippen LogP contribution in [0.2, 0.25) is 0 Å². The average Bonchev–Trinajstić information content (AvgIpc) is 2.75. The van der Waals surface area contributed by atoms with Crippen molar-refractivity contribution >= 4 is 23.4 Å². The van der Waals surface area contributed by atoms with Crippen molar-refractivity contribution in [3.8, 4) is 5.75 Å². The number of anilines is 1. The van der Waals surface area contributed by atoms with Crippen LogP contribution in [0.3, 0.4) is 0 Å². The van der Waals surface area contributed by atoms with Gasteiger partial charge in [-0.05, 0) is 24.3 Å². The smallest absolute Gasteiger partial charge is 0.257 e. The fourth-order valence-corrected chi connectivity index (χ4v) is 3.11. The van der Waals surface area contributed by atoms with E-state index in [2.05, 4.69) is 5.32 Å². The number of aliphatic hydroxyl groups excluding tert-OH is 1. The number of fused-ring (bicyclic) bond motifs is 1. The van der Waals surface area contributed by atoms with Gasteiger partial charge in [0.1, 0.15) is 11.6 Å². The number of methoxy groups -OCH3 is 1. The standard InChI is InChI=1S/C15H12FNO3S/c1-20-11-4-2-3-5-12(11)21-13-7-10-8(6-9(13)16)14(18)15(19)17-10/h2-7,14,18H,1H3,(H,17,19). The predicted octanol–water partition coefficient (Wildman–Crippen LogP) is 2.97. The van der Waals surface area contributed by atoms with E-state index in [1.807, 2.05) is 18.2 Å². The van der Waals surface area contributed by atoms with Gasteiger partial charge in [0, 0.05) is 11.3 Å². The maximum Gasteiger partial charge on any atom is 0.257 e. The molecule has 0 aliphatic carbocycles. The maximum absolute atomic E-state index is 14.2. The van der Waals surface area contributed by atoms with Gasteiger partial charge in [0.25, 0.3) is 5.91 Å². The maximum atomic E-state index is 14.2. The molecule has 0 aromatic heterocycles. The summed E-state index contributed by atoms with van der Waals surface area (Å²) in [6, 6.07) is 9.99. The molecule has 0 saturated heterocycles. The van der Waals surface area contributed by atoms with E-state index in [0.29, 0.717) is 16.3 Å². The van der Waals surface area contributed by atoms with Crippen molar-refractivity contribution in [1.82, 2.24) is 0 Å². The summed E-state index contributed by atoms with van der Waals surface area (Å²) in [6.07, 6.45) is -1.31. The zero-order valence-electron chi connectivity index (χ0n) is 11.1. The molecule has 1 atom stereocenters. The molecule has 0 bridgehead atoms. The van der Waals surface area contributed by atoms with Crippen LogP contribution in [0.15, 0.2) is 46.2 Å². The molecule has 6 heteroatoms. The van der Waals surface area contributed by atoms with Crippen molar-refractivity contribution in [3.63, 3.8) is 0 Å². The Balaban J connectivity index is 1.98. The number of hydrogen-bond acceptors (Lipinski definition) is 4. The molecule has 0 radical (unpaired) electrons. The lowest BCUT2D eigenvalue weighted by molar-refractivity contribution is -0.123. The minimum absolute atomic E-state index is 0.266. The summed E-state index contributed by atoms with van der Waals surface area (Å²) in [6.45, 7) is 0. The van der Waals surface area contributed by atoms with Crippen molar-refractivity contribution in [3.05, 3.63) is 47.8 Å². The van der Waals surface area contributed by atoms with Gasteiger partial charge < -0.3 is 15.2 Å². The zero-order valence-corrected chi connectivity index (χ0v) is 11.9. The van der Waals surface area contributed by atoms with Crippen LogP contribution in [0.1, 0.15) is 11.7 Å². The van der Waals surface area contributed by atoms with Crippen LogP contribution < -0.4 is 10.1 Å². The normalized spacial score (nSPS) is 16.5. The fraction of sp³-hybridized carbons (Fsp3) is 0.133. The first-order valence-corrected chi connectivity index (χ1v) is 7.05. The van der Waals surface area contributed by atoms with Gasteiger partial charge in [0.2, 0.25) is 0 Å². The molecule has 1 unspecified atom stereocenters. The minimum atomic E-state index is -1.31. The highest BCUT2D eigenvalue weighted by Crippen LogP contribution is 2.40. The fourth-order valence-electron chi connectivity index (χ4n) is 2.15. The van der Waals surface area contributed by atoms with Crippen LogP contribution >= 0.6 is 11.8 Å². The SMILES string of the molecule is COc1ccccc1Sc1cc2c(cc1F)C(O)C(=O)N2. The molecule has 0 fully saturated rings. The van der Waals surface area contributed by atoms with Crippen LogP contribution in [0.4, 0.5) is 10.1 Å². The summed E-state index contributed by atoms with van der Waals surface area (Å²) < 4.78 is 19.4. The van der Waals surface area contributed by atoms with Crippen molar-refractivity contribution < 1.29 is 19.0 Å². The number of nitrogens with one attached hydrogen (secondary N) is 1. The summed E-state index contributed by atoms with van der Waals surface area (Å²) >= 11 is 1.20. The Hall–Kier alpha value is -2.05. The van der Waals surface area contributed by atoms with E-state index >= 15 is 0 Å². The number of ether oxygens (including phenoxy) is 1. The van der Waals surface area contributed by atoms with Crippen LogP contribution in [0, 0.1) is 5.82 Å². The Labute approximate surface area is 124 Å². The topological polar surface area (TPSA) is 58.6 Å². The number of amides is 1. The Kier molecular flexibility index (Phi) is 3.57. The van der Waals surface area contributed by atoms with Gasteiger partial charge in [-0.15, -0.1) is 0 Å². The first-order chi connectivity index (χ1) is 10.1. The lowest BCUT2D eigenvalue weighted by Gasteiger charge is -2.10. The Morgan fingerprint density at radius 3 is 2.81 bits per heavy atom. The molecule has 2 aromatic rings. The van der Waals surface area contributed by atoms with Crippen molar-refractivity contribution in [2.24, 2.45) is 0 Å².